The summed E-state index contributed by atoms with van der Waals surface area (Å²) in [7, 11) is 1.73. The molecule has 0 saturated carbocycles. The van der Waals surface area contributed by atoms with E-state index in [9.17, 15) is 9.18 Å². The summed E-state index contributed by atoms with van der Waals surface area (Å²) in [5.41, 5.74) is 1.15. The van der Waals surface area contributed by atoms with E-state index < -0.39 is 11.7 Å². The molecule has 0 saturated heterocycles. The average molecular weight is 379 g/mol. The van der Waals surface area contributed by atoms with Gasteiger partial charge in [-0.3, -0.25) is 9.48 Å². The second-order valence-electron chi connectivity index (χ2n) is 6.68. The number of hydrogen-bond donors (Lipinski definition) is 1. The van der Waals surface area contributed by atoms with E-state index in [-0.39, 0.29) is 11.6 Å². The molecule has 4 aromatic rings. The third-order valence-corrected chi connectivity index (χ3v) is 4.43. The first-order valence-corrected chi connectivity index (χ1v) is 8.73. The monoisotopic (exact) mass is 379 g/mol. The molecule has 0 aliphatic heterocycles. The van der Waals surface area contributed by atoms with Crippen LogP contribution >= 0.6 is 0 Å². The van der Waals surface area contributed by atoms with E-state index in [4.69, 9.17) is 0 Å². The lowest BCUT2D eigenvalue weighted by molar-refractivity contribution is 0.102. The van der Waals surface area contributed by atoms with Gasteiger partial charge in [-0.15, -0.1) is 10.2 Å². The van der Waals surface area contributed by atoms with Crippen molar-refractivity contribution in [3.05, 3.63) is 54.2 Å². The maximum absolute atomic E-state index is 14.4. The van der Waals surface area contributed by atoms with E-state index in [2.05, 4.69) is 25.6 Å². The molecule has 1 aromatic carbocycles. The Morgan fingerprint density at radius 1 is 1.25 bits per heavy atom. The van der Waals surface area contributed by atoms with E-state index in [1.165, 1.54) is 12.1 Å². The predicted molar refractivity (Wildman–Crippen MR) is 102 cm³/mol. The van der Waals surface area contributed by atoms with Crippen LogP contribution in [0.15, 0.2) is 42.9 Å². The minimum absolute atomic E-state index is 0.0753. The molecule has 4 rings (SSSR count). The van der Waals surface area contributed by atoms with Gasteiger partial charge in [-0.2, -0.15) is 5.10 Å². The third-order valence-electron chi connectivity index (χ3n) is 4.43. The Labute approximate surface area is 160 Å². The normalized spacial score (nSPS) is 11.3. The van der Waals surface area contributed by atoms with Gasteiger partial charge >= 0.3 is 0 Å². The van der Waals surface area contributed by atoms with Crippen LogP contribution in [0.2, 0.25) is 0 Å². The fourth-order valence-corrected chi connectivity index (χ4v) is 2.96. The van der Waals surface area contributed by atoms with Gasteiger partial charge in [0.15, 0.2) is 5.82 Å². The molecule has 1 N–H and O–H groups in total. The first-order chi connectivity index (χ1) is 13.4. The first-order valence-electron chi connectivity index (χ1n) is 8.73. The summed E-state index contributed by atoms with van der Waals surface area (Å²) in [5, 5.41) is 15.4. The number of rotatable bonds is 4. The van der Waals surface area contributed by atoms with E-state index in [1.807, 2.05) is 18.4 Å². The molecule has 0 aliphatic carbocycles. The summed E-state index contributed by atoms with van der Waals surface area (Å²) in [5.74, 6) is -0.317. The summed E-state index contributed by atoms with van der Waals surface area (Å²) < 4.78 is 17.9. The Bertz CT molecular complexity index is 1180. The number of nitrogens with one attached hydrogen (secondary N) is 1. The van der Waals surface area contributed by atoms with Crippen LogP contribution in [-0.2, 0) is 7.05 Å². The topological polar surface area (TPSA) is 90.5 Å². The number of anilines is 1. The van der Waals surface area contributed by atoms with Crippen LogP contribution in [0.4, 0.5) is 10.2 Å². The van der Waals surface area contributed by atoms with Crippen LogP contribution in [0, 0.1) is 5.82 Å². The fraction of sp³-hybridized carbons (Fsp3) is 0.211. The van der Waals surface area contributed by atoms with Crippen molar-refractivity contribution in [3.63, 3.8) is 0 Å². The Balaban J connectivity index is 1.65. The number of hydrogen-bond acceptors (Lipinski definition) is 5. The zero-order chi connectivity index (χ0) is 19.8. The number of aromatic nitrogens is 6. The summed E-state index contributed by atoms with van der Waals surface area (Å²) in [6.07, 6.45) is 3.18. The number of halogens is 1. The molecule has 0 bridgehead atoms. The minimum atomic E-state index is -0.617. The van der Waals surface area contributed by atoms with Crippen LogP contribution in [0.3, 0.4) is 0 Å². The average Bonchev–Trinajstić information content (AvgIpc) is 3.28. The molecule has 1 amide bonds. The van der Waals surface area contributed by atoms with Crippen molar-refractivity contribution in [1.82, 2.24) is 29.5 Å². The van der Waals surface area contributed by atoms with E-state index in [0.29, 0.717) is 28.2 Å². The highest BCUT2D eigenvalue weighted by molar-refractivity contribution is 6.06. The quantitative estimate of drug-likeness (QED) is 0.588. The second-order valence-corrected chi connectivity index (χ2v) is 6.68. The Morgan fingerprint density at radius 2 is 2.07 bits per heavy atom. The van der Waals surface area contributed by atoms with Gasteiger partial charge in [-0.25, -0.2) is 9.37 Å². The highest BCUT2D eigenvalue weighted by Crippen LogP contribution is 2.22. The molecule has 0 spiro atoms. The number of pyridine rings is 1. The number of amides is 1. The van der Waals surface area contributed by atoms with Crippen molar-refractivity contribution < 1.29 is 9.18 Å². The summed E-state index contributed by atoms with van der Waals surface area (Å²) >= 11 is 0. The van der Waals surface area contributed by atoms with Crippen molar-refractivity contribution in [2.75, 3.05) is 5.32 Å². The van der Waals surface area contributed by atoms with Crippen LogP contribution < -0.4 is 5.32 Å². The number of carbonyl (C=O) groups is 1. The van der Waals surface area contributed by atoms with Gasteiger partial charge in [-0.05, 0) is 38.1 Å². The van der Waals surface area contributed by atoms with E-state index in [1.54, 1.807) is 42.5 Å². The van der Waals surface area contributed by atoms with E-state index in [0.717, 1.165) is 0 Å². The lowest BCUT2D eigenvalue weighted by atomic mass is 10.1. The van der Waals surface area contributed by atoms with Gasteiger partial charge in [0.25, 0.3) is 5.91 Å². The maximum atomic E-state index is 14.4. The van der Waals surface area contributed by atoms with Crippen LogP contribution in [-0.4, -0.2) is 35.4 Å². The Hall–Kier alpha value is -3.62. The number of carbonyl (C=O) groups excluding carboxylic acids is 1. The summed E-state index contributed by atoms with van der Waals surface area (Å²) in [4.78, 5) is 17.1. The zero-order valence-corrected chi connectivity index (χ0v) is 15.6. The van der Waals surface area contributed by atoms with Gasteiger partial charge in [0.2, 0.25) is 0 Å². The molecule has 28 heavy (non-hydrogen) atoms. The molecule has 0 atom stereocenters. The maximum Gasteiger partial charge on any atom is 0.259 e. The van der Waals surface area contributed by atoms with Gasteiger partial charge < -0.3 is 9.88 Å². The van der Waals surface area contributed by atoms with E-state index >= 15 is 0 Å². The van der Waals surface area contributed by atoms with Crippen molar-refractivity contribution in [2.24, 2.45) is 7.05 Å². The largest absolute Gasteiger partial charge is 0.310 e. The Morgan fingerprint density at radius 3 is 2.86 bits per heavy atom. The van der Waals surface area contributed by atoms with Gasteiger partial charge in [0.05, 0.1) is 17.3 Å². The number of benzene rings is 1. The van der Waals surface area contributed by atoms with Gasteiger partial charge in [0, 0.05) is 18.5 Å². The number of aryl methyl sites for hydroxylation is 1. The number of fused-ring (bicyclic) bond motifs is 1. The fourth-order valence-electron chi connectivity index (χ4n) is 2.96. The van der Waals surface area contributed by atoms with Crippen LogP contribution in [0.1, 0.15) is 30.2 Å². The highest BCUT2D eigenvalue weighted by Gasteiger charge is 2.17. The van der Waals surface area contributed by atoms with Gasteiger partial charge in [-0.1, -0.05) is 6.07 Å². The molecule has 142 valence electrons. The van der Waals surface area contributed by atoms with Crippen molar-refractivity contribution in [3.8, 4) is 11.5 Å². The first kappa shape index (κ1) is 17.8. The van der Waals surface area contributed by atoms with Crippen LogP contribution in [0.25, 0.3) is 22.4 Å². The van der Waals surface area contributed by atoms with Crippen molar-refractivity contribution in [2.45, 2.75) is 19.9 Å². The number of nitrogens with zero attached hydrogens (tertiary/aromatic N) is 6. The molecule has 0 unspecified atom stereocenters. The molecule has 3 aromatic heterocycles. The lowest BCUT2D eigenvalue weighted by Gasteiger charge is -2.11. The van der Waals surface area contributed by atoms with Gasteiger partial charge in [0.1, 0.15) is 23.7 Å². The Kier molecular flexibility index (Phi) is 4.34. The summed E-state index contributed by atoms with van der Waals surface area (Å²) in [6, 6.07) is 8.10. The standard InChI is InChI=1S/C19H18FN7O/c1-11(2)27-10-21-25-18(27)15-5-4-6-17(23-15)24-19(28)13-8-16-12(7-14(13)20)9-22-26(16)3/h4-11H,1-3H3,(H,23,24,28). The molecule has 9 heteroatoms. The predicted octanol–water partition coefficient (Wildman–Crippen LogP) is 3.20. The SMILES string of the molecule is CC(C)n1cnnc1-c1cccc(NC(=O)c2cc3c(cnn3C)cc2F)n1. The molecule has 3 heterocycles. The second kappa shape index (κ2) is 6.84. The molecule has 0 radical (unpaired) electrons. The molecule has 0 fully saturated rings. The molecule has 8 nitrogen and oxygen atoms in total. The molecular formula is C19H18FN7O. The lowest BCUT2D eigenvalue weighted by Crippen LogP contribution is -2.15. The van der Waals surface area contributed by atoms with Crippen LogP contribution in [0.5, 0.6) is 0 Å². The molecule has 0 aliphatic rings. The van der Waals surface area contributed by atoms with Crippen molar-refractivity contribution in [1.29, 1.82) is 0 Å². The minimum Gasteiger partial charge on any atom is -0.310 e. The highest BCUT2D eigenvalue weighted by atomic mass is 19.1. The third kappa shape index (κ3) is 3.11. The summed E-state index contributed by atoms with van der Waals surface area (Å²) in [6.45, 7) is 4.02. The van der Waals surface area contributed by atoms with Crippen molar-refractivity contribution >= 4 is 22.6 Å². The zero-order valence-electron chi connectivity index (χ0n) is 15.6. The molecular weight excluding hydrogens is 361 g/mol. The smallest absolute Gasteiger partial charge is 0.259 e.